The van der Waals surface area contributed by atoms with Crippen LogP contribution >= 0.6 is 11.6 Å². The Bertz CT molecular complexity index is 820. The second-order valence-electron chi connectivity index (χ2n) is 6.53. The van der Waals surface area contributed by atoms with Crippen LogP contribution in [0.3, 0.4) is 0 Å². The highest BCUT2D eigenvalue weighted by Gasteiger charge is 2.15. The fraction of sp³-hybridized carbons (Fsp3) is 0.286. The molecule has 1 amide bonds. The molecule has 27 heavy (non-hydrogen) atoms. The van der Waals surface area contributed by atoms with Crippen LogP contribution in [0.1, 0.15) is 16.7 Å². The van der Waals surface area contributed by atoms with Crippen molar-refractivity contribution < 1.29 is 18.8 Å². The van der Waals surface area contributed by atoms with Crippen molar-refractivity contribution in [3.8, 4) is 0 Å². The van der Waals surface area contributed by atoms with Crippen molar-refractivity contribution in [3.05, 3.63) is 76.1 Å². The molecule has 6 heteroatoms. The second kappa shape index (κ2) is 9.65. The molecule has 0 radical (unpaired) electrons. The summed E-state index contributed by atoms with van der Waals surface area (Å²) in [6.07, 6.45) is 3.05. The van der Waals surface area contributed by atoms with Gasteiger partial charge in [0.2, 0.25) is 5.91 Å². The summed E-state index contributed by atoms with van der Waals surface area (Å²) in [6, 6.07) is 12.5. The van der Waals surface area contributed by atoms with Crippen molar-refractivity contribution >= 4 is 23.6 Å². The van der Waals surface area contributed by atoms with Gasteiger partial charge in [0.25, 0.3) is 0 Å². The SMILES string of the molecule is O=C(/C=C/c1ccc(F)c(Cl)c1)NCc1ccccc1C[NH+]1CCOCC1. The predicted octanol–water partition coefficient (Wildman–Crippen LogP) is 2.22. The Hall–Kier alpha value is -2.21. The van der Waals surface area contributed by atoms with Gasteiger partial charge >= 0.3 is 0 Å². The number of carbonyl (C=O) groups is 1. The van der Waals surface area contributed by atoms with Crippen LogP contribution in [0.25, 0.3) is 6.08 Å². The molecule has 1 heterocycles. The first-order chi connectivity index (χ1) is 13.1. The molecule has 1 aliphatic heterocycles. The predicted molar refractivity (Wildman–Crippen MR) is 104 cm³/mol. The Morgan fingerprint density at radius 1 is 1.19 bits per heavy atom. The Balaban J connectivity index is 1.56. The number of hydrogen-bond acceptors (Lipinski definition) is 2. The lowest BCUT2D eigenvalue weighted by atomic mass is 10.1. The molecule has 1 aliphatic rings. The molecule has 142 valence electrons. The first kappa shape index (κ1) is 19.5. The highest BCUT2D eigenvalue weighted by molar-refractivity contribution is 6.30. The van der Waals surface area contributed by atoms with Crippen LogP contribution in [0.5, 0.6) is 0 Å². The lowest BCUT2D eigenvalue weighted by molar-refractivity contribution is -0.921. The quantitative estimate of drug-likeness (QED) is 0.744. The minimum atomic E-state index is -0.475. The van der Waals surface area contributed by atoms with Gasteiger partial charge in [-0.25, -0.2) is 4.39 Å². The zero-order valence-electron chi connectivity index (χ0n) is 15.0. The molecule has 0 bridgehead atoms. The van der Waals surface area contributed by atoms with Crippen LogP contribution in [-0.4, -0.2) is 32.2 Å². The van der Waals surface area contributed by atoms with Gasteiger partial charge in [-0.3, -0.25) is 4.79 Å². The standard InChI is InChI=1S/C21H22ClFN2O2/c22-19-13-16(5-7-20(19)23)6-8-21(26)24-14-17-3-1-2-4-18(17)15-25-9-11-27-12-10-25/h1-8,13H,9-12,14-15H2,(H,24,26)/p+1/b8-6+. The van der Waals surface area contributed by atoms with Crippen molar-refractivity contribution in [1.82, 2.24) is 5.32 Å². The molecule has 1 fully saturated rings. The third-order valence-corrected chi connectivity index (χ3v) is 4.87. The Labute approximate surface area is 163 Å². The van der Waals surface area contributed by atoms with Crippen molar-refractivity contribution in [3.63, 3.8) is 0 Å². The van der Waals surface area contributed by atoms with Gasteiger partial charge in [0, 0.05) is 18.2 Å². The average molecular weight is 390 g/mol. The molecule has 2 N–H and O–H groups in total. The second-order valence-corrected chi connectivity index (χ2v) is 6.94. The number of amides is 1. The smallest absolute Gasteiger partial charge is 0.244 e. The van der Waals surface area contributed by atoms with Crippen molar-refractivity contribution in [2.24, 2.45) is 0 Å². The maximum Gasteiger partial charge on any atom is 0.244 e. The number of halogens is 2. The Morgan fingerprint density at radius 2 is 1.93 bits per heavy atom. The number of quaternary nitrogens is 1. The molecular weight excluding hydrogens is 367 g/mol. The van der Waals surface area contributed by atoms with E-state index in [1.807, 2.05) is 18.2 Å². The molecule has 0 saturated carbocycles. The van der Waals surface area contributed by atoms with E-state index in [9.17, 15) is 9.18 Å². The molecule has 4 nitrogen and oxygen atoms in total. The lowest BCUT2D eigenvalue weighted by Gasteiger charge is -2.24. The highest BCUT2D eigenvalue weighted by Crippen LogP contribution is 2.16. The fourth-order valence-electron chi connectivity index (χ4n) is 3.04. The first-order valence-electron chi connectivity index (χ1n) is 9.01. The molecule has 2 aromatic rings. The molecule has 3 rings (SSSR count). The minimum absolute atomic E-state index is 0.0390. The van der Waals surface area contributed by atoms with E-state index in [1.165, 1.54) is 28.7 Å². The van der Waals surface area contributed by atoms with Crippen molar-refractivity contribution in [2.75, 3.05) is 26.3 Å². The van der Waals surface area contributed by atoms with Crippen LogP contribution in [0, 0.1) is 5.82 Å². The van der Waals surface area contributed by atoms with Crippen LogP contribution in [0.15, 0.2) is 48.5 Å². The number of nitrogens with one attached hydrogen (secondary N) is 2. The molecule has 1 saturated heterocycles. The summed E-state index contributed by atoms with van der Waals surface area (Å²) >= 11 is 5.75. The minimum Gasteiger partial charge on any atom is -0.370 e. The van der Waals surface area contributed by atoms with Gasteiger partial charge in [-0.05, 0) is 29.3 Å². The highest BCUT2D eigenvalue weighted by atomic mass is 35.5. The maximum atomic E-state index is 13.2. The number of rotatable bonds is 6. The van der Waals surface area contributed by atoms with E-state index in [0.717, 1.165) is 38.4 Å². The van der Waals surface area contributed by atoms with Crippen LogP contribution < -0.4 is 10.2 Å². The van der Waals surface area contributed by atoms with E-state index >= 15 is 0 Å². The third-order valence-electron chi connectivity index (χ3n) is 4.58. The van der Waals surface area contributed by atoms with E-state index in [2.05, 4.69) is 11.4 Å². The summed E-state index contributed by atoms with van der Waals surface area (Å²) < 4.78 is 18.6. The molecular formula is C21H23ClFN2O2+. The van der Waals surface area contributed by atoms with Gasteiger partial charge in [0.15, 0.2) is 0 Å². The number of morpholine rings is 1. The van der Waals surface area contributed by atoms with Gasteiger partial charge in [-0.15, -0.1) is 0 Å². The summed E-state index contributed by atoms with van der Waals surface area (Å²) in [5.74, 6) is -0.679. The first-order valence-corrected chi connectivity index (χ1v) is 9.38. The molecule has 0 atom stereocenters. The van der Waals surface area contributed by atoms with Crippen LogP contribution in [-0.2, 0) is 22.6 Å². The summed E-state index contributed by atoms with van der Waals surface area (Å²) in [7, 11) is 0. The summed E-state index contributed by atoms with van der Waals surface area (Å²) in [5, 5.41) is 2.95. The van der Waals surface area contributed by atoms with E-state index in [-0.39, 0.29) is 10.9 Å². The molecule has 0 aromatic heterocycles. The average Bonchev–Trinajstić information content (AvgIpc) is 2.69. The van der Waals surface area contributed by atoms with E-state index in [1.54, 1.807) is 12.1 Å². The largest absolute Gasteiger partial charge is 0.370 e. The topological polar surface area (TPSA) is 42.8 Å². The van der Waals surface area contributed by atoms with Crippen molar-refractivity contribution in [1.29, 1.82) is 0 Å². The van der Waals surface area contributed by atoms with E-state index in [0.29, 0.717) is 12.1 Å². The van der Waals surface area contributed by atoms with Gasteiger partial charge in [0.1, 0.15) is 25.5 Å². The van der Waals surface area contributed by atoms with Gasteiger partial charge in [-0.2, -0.15) is 0 Å². The monoisotopic (exact) mass is 389 g/mol. The summed E-state index contributed by atoms with van der Waals surface area (Å²) in [6.45, 7) is 5.00. The van der Waals surface area contributed by atoms with Crippen LogP contribution in [0.2, 0.25) is 5.02 Å². The zero-order valence-corrected chi connectivity index (χ0v) is 15.8. The summed E-state index contributed by atoms with van der Waals surface area (Å²) in [5.41, 5.74) is 3.03. The summed E-state index contributed by atoms with van der Waals surface area (Å²) in [4.78, 5) is 13.6. The zero-order chi connectivity index (χ0) is 19.1. The van der Waals surface area contributed by atoms with Gasteiger partial charge in [-0.1, -0.05) is 41.9 Å². The lowest BCUT2D eigenvalue weighted by Crippen LogP contribution is -3.12. The van der Waals surface area contributed by atoms with E-state index in [4.69, 9.17) is 16.3 Å². The van der Waals surface area contributed by atoms with Crippen LogP contribution in [0.4, 0.5) is 4.39 Å². The van der Waals surface area contributed by atoms with Gasteiger partial charge in [0.05, 0.1) is 18.2 Å². The molecule has 0 aliphatic carbocycles. The number of hydrogen-bond donors (Lipinski definition) is 2. The Kier molecular flexibility index (Phi) is 6.98. The Morgan fingerprint density at radius 3 is 2.67 bits per heavy atom. The number of carbonyl (C=O) groups excluding carboxylic acids is 1. The molecule has 0 spiro atoms. The molecule has 2 aromatic carbocycles. The van der Waals surface area contributed by atoms with Crippen molar-refractivity contribution in [2.45, 2.75) is 13.1 Å². The van der Waals surface area contributed by atoms with E-state index < -0.39 is 5.82 Å². The number of benzene rings is 2. The number of ether oxygens (including phenoxy) is 1. The van der Waals surface area contributed by atoms with Gasteiger partial charge < -0.3 is 15.0 Å². The fourth-order valence-corrected chi connectivity index (χ4v) is 3.23. The molecule has 0 unspecified atom stereocenters. The third kappa shape index (κ3) is 5.89. The maximum absolute atomic E-state index is 13.2. The normalized spacial score (nSPS) is 15.2.